The van der Waals surface area contributed by atoms with Crippen molar-refractivity contribution in [3.05, 3.63) is 77.8 Å². The molecule has 1 fully saturated rings. The second-order valence-corrected chi connectivity index (χ2v) is 14.7. The maximum absolute atomic E-state index is 13.0. The van der Waals surface area contributed by atoms with Gasteiger partial charge in [-0.1, -0.05) is 36.4 Å². The number of para-hydroxylation sites is 1. The van der Waals surface area contributed by atoms with E-state index in [4.69, 9.17) is 0 Å². The van der Waals surface area contributed by atoms with Gasteiger partial charge in [-0.2, -0.15) is 0 Å². The average Bonchev–Trinajstić information content (AvgIpc) is 3.47. The van der Waals surface area contributed by atoms with Crippen LogP contribution in [0.3, 0.4) is 0 Å². The molecule has 0 atom stereocenters. The molecule has 0 unspecified atom stereocenters. The molecule has 0 aliphatic carbocycles. The Morgan fingerprint density at radius 1 is 0.976 bits per heavy atom. The number of pyridine rings is 1. The fourth-order valence-corrected chi connectivity index (χ4v) is 9.00. The van der Waals surface area contributed by atoms with Gasteiger partial charge >= 0.3 is 6.03 Å². The van der Waals surface area contributed by atoms with Gasteiger partial charge in [0, 0.05) is 35.6 Å². The molecule has 10 nitrogen and oxygen atoms in total. The lowest BCUT2D eigenvalue weighted by Crippen LogP contribution is -2.46. The number of benzene rings is 2. The summed E-state index contributed by atoms with van der Waals surface area (Å²) in [6.45, 7) is 4.30. The van der Waals surface area contributed by atoms with Crippen LogP contribution in [0.15, 0.2) is 86.1 Å². The molecule has 1 saturated heterocycles. The molecule has 0 radical (unpaired) electrons. The Bertz CT molecular complexity index is 1750. The number of piperidine rings is 1. The second kappa shape index (κ2) is 12.2. The minimum absolute atomic E-state index is 0.0261. The van der Waals surface area contributed by atoms with Gasteiger partial charge in [0.05, 0.1) is 21.0 Å². The molecule has 3 N–H and O–H groups in total. The van der Waals surface area contributed by atoms with Crippen LogP contribution in [-0.2, 0) is 19.9 Å². The normalized spacial score (nSPS) is 15.1. The van der Waals surface area contributed by atoms with Gasteiger partial charge in [-0.05, 0) is 63.2 Å². The minimum Gasteiger partial charge on any atom is -0.337 e. The van der Waals surface area contributed by atoms with Crippen LogP contribution in [0.1, 0.15) is 18.5 Å². The zero-order valence-electron chi connectivity index (χ0n) is 22.4. The summed E-state index contributed by atoms with van der Waals surface area (Å²) in [7, 11) is -7.65. The van der Waals surface area contributed by atoms with Crippen molar-refractivity contribution in [2.45, 2.75) is 39.8 Å². The summed E-state index contributed by atoms with van der Waals surface area (Å²) in [5, 5.41) is 8.03. The summed E-state index contributed by atoms with van der Waals surface area (Å²) in [6, 6.07) is 18.1. The van der Waals surface area contributed by atoms with E-state index in [2.05, 4.69) is 25.2 Å². The molecular formula is C28H31N5O5S3. The summed E-state index contributed by atoms with van der Waals surface area (Å²) in [5.41, 5.74) is 2.33. The van der Waals surface area contributed by atoms with Crippen molar-refractivity contribution in [1.82, 2.24) is 19.9 Å². The first kappa shape index (κ1) is 29.1. The first-order valence-electron chi connectivity index (χ1n) is 13.2. The number of hydrogen-bond donors (Lipinski definition) is 3. The predicted molar refractivity (Wildman–Crippen MR) is 159 cm³/mol. The average molecular weight is 614 g/mol. The fraction of sp³-hybridized carbons (Fsp3) is 0.286. The monoisotopic (exact) mass is 613 g/mol. The van der Waals surface area contributed by atoms with Crippen LogP contribution in [0.4, 0.5) is 10.5 Å². The lowest BCUT2D eigenvalue weighted by atomic mass is 10.1. The number of amides is 2. The predicted octanol–water partition coefficient (Wildman–Crippen LogP) is 4.00. The highest BCUT2D eigenvalue weighted by atomic mass is 32.2. The number of urea groups is 1. The Labute approximate surface area is 243 Å². The van der Waals surface area contributed by atoms with Crippen molar-refractivity contribution in [2.24, 2.45) is 0 Å². The molecule has 216 valence electrons. The van der Waals surface area contributed by atoms with Crippen molar-refractivity contribution < 1.29 is 21.6 Å². The molecule has 41 heavy (non-hydrogen) atoms. The summed E-state index contributed by atoms with van der Waals surface area (Å²) in [4.78, 5) is 19.3. The molecule has 4 aromatic rings. The van der Waals surface area contributed by atoms with Crippen LogP contribution in [-0.4, -0.2) is 65.0 Å². The number of fused-ring (bicyclic) bond motifs is 1. The number of carbonyl (C=O) groups excluding carboxylic acids is 1. The first-order chi connectivity index (χ1) is 19.6. The molecular weight excluding hydrogens is 583 g/mol. The Balaban J connectivity index is 1.09. The van der Waals surface area contributed by atoms with Gasteiger partial charge in [-0.15, -0.1) is 11.3 Å². The van der Waals surface area contributed by atoms with Crippen LogP contribution in [0.2, 0.25) is 0 Å². The maximum Gasteiger partial charge on any atom is 0.319 e. The lowest BCUT2D eigenvalue weighted by molar-refractivity contribution is 0.206. The van der Waals surface area contributed by atoms with E-state index in [1.54, 1.807) is 18.2 Å². The number of likely N-dealkylation sites (tertiary alicyclic amines) is 1. The molecule has 0 spiro atoms. The van der Waals surface area contributed by atoms with Crippen molar-refractivity contribution in [1.29, 1.82) is 0 Å². The van der Waals surface area contributed by atoms with Crippen molar-refractivity contribution in [2.75, 3.05) is 31.5 Å². The number of sulfone groups is 1. The van der Waals surface area contributed by atoms with Crippen LogP contribution in [0.25, 0.3) is 10.9 Å². The Hall–Kier alpha value is -3.36. The van der Waals surface area contributed by atoms with Crippen LogP contribution in [0.5, 0.6) is 0 Å². The maximum atomic E-state index is 13.0. The summed E-state index contributed by atoms with van der Waals surface area (Å²) < 4.78 is 54.4. The molecule has 3 heterocycles. The molecule has 13 heteroatoms. The third kappa shape index (κ3) is 6.93. The third-order valence-electron chi connectivity index (χ3n) is 6.90. The number of nitrogens with one attached hydrogen (secondary N) is 3. The molecule has 0 saturated carbocycles. The molecule has 1 aliphatic rings. The lowest BCUT2D eigenvalue weighted by Gasteiger charge is -2.32. The number of rotatable bonds is 9. The quantitative estimate of drug-likeness (QED) is 0.260. The Kier molecular flexibility index (Phi) is 8.71. The number of aromatic nitrogens is 1. The molecule has 2 aromatic heterocycles. The largest absolute Gasteiger partial charge is 0.337 e. The number of carbonyl (C=O) groups is 1. The van der Waals surface area contributed by atoms with E-state index in [-0.39, 0.29) is 26.1 Å². The number of aryl methyl sites for hydroxylation is 1. The van der Waals surface area contributed by atoms with Gasteiger partial charge in [-0.3, -0.25) is 4.98 Å². The van der Waals surface area contributed by atoms with Crippen LogP contribution < -0.4 is 15.4 Å². The second-order valence-electron chi connectivity index (χ2n) is 9.86. The third-order valence-corrected chi connectivity index (χ3v) is 11.8. The van der Waals surface area contributed by atoms with Gasteiger partial charge in [0.25, 0.3) is 0 Å². The number of hydrogen-bond acceptors (Lipinski definition) is 8. The Morgan fingerprint density at radius 2 is 1.68 bits per heavy atom. The van der Waals surface area contributed by atoms with E-state index >= 15 is 0 Å². The molecule has 2 amide bonds. The highest BCUT2D eigenvalue weighted by Gasteiger charge is 2.28. The van der Waals surface area contributed by atoms with E-state index in [1.807, 2.05) is 37.3 Å². The van der Waals surface area contributed by atoms with E-state index in [0.29, 0.717) is 44.7 Å². The summed E-state index contributed by atoms with van der Waals surface area (Å²) in [6.07, 6.45) is 1.21. The molecule has 5 rings (SSSR count). The van der Waals surface area contributed by atoms with Gasteiger partial charge in [0.15, 0.2) is 0 Å². The SMILES string of the molecule is Cc1cc(NC(=O)NCCN2CCC(NS(=O)(=O)c3cc(S(=O)(=O)c4ccccc4)cs3)CC2)c2ccccc2n1. The van der Waals surface area contributed by atoms with E-state index in [9.17, 15) is 21.6 Å². The van der Waals surface area contributed by atoms with Gasteiger partial charge in [0.1, 0.15) is 4.21 Å². The highest BCUT2D eigenvalue weighted by molar-refractivity contribution is 7.93. The van der Waals surface area contributed by atoms with Crippen LogP contribution in [0, 0.1) is 6.92 Å². The molecule has 1 aliphatic heterocycles. The first-order valence-corrected chi connectivity index (χ1v) is 17.0. The number of nitrogens with zero attached hydrogens (tertiary/aromatic N) is 2. The highest BCUT2D eigenvalue weighted by Crippen LogP contribution is 2.29. The van der Waals surface area contributed by atoms with Crippen molar-refractivity contribution in [3.8, 4) is 0 Å². The van der Waals surface area contributed by atoms with Gasteiger partial charge in [-0.25, -0.2) is 26.4 Å². The van der Waals surface area contributed by atoms with Crippen molar-refractivity contribution in [3.63, 3.8) is 0 Å². The fourth-order valence-electron chi connectivity index (χ4n) is 4.78. The zero-order chi connectivity index (χ0) is 29.0. The molecule has 2 aromatic carbocycles. The minimum atomic E-state index is -3.86. The van der Waals surface area contributed by atoms with Crippen LogP contribution >= 0.6 is 11.3 Å². The van der Waals surface area contributed by atoms with Crippen molar-refractivity contribution >= 4 is 53.8 Å². The smallest absolute Gasteiger partial charge is 0.319 e. The number of sulfonamides is 1. The van der Waals surface area contributed by atoms with E-state index < -0.39 is 19.9 Å². The summed E-state index contributed by atoms with van der Waals surface area (Å²) >= 11 is 0.893. The van der Waals surface area contributed by atoms with Gasteiger partial charge < -0.3 is 15.5 Å². The summed E-state index contributed by atoms with van der Waals surface area (Å²) in [5.74, 6) is 0. The van der Waals surface area contributed by atoms with Gasteiger partial charge in [0.2, 0.25) is 19.9 Å². The standard InChI is InChI=1S/C28H31N5O5S3/c1-20-17-26(24-9-5-6-10-25(24)30-20)31-28(34)29-13-16-33-14-11-21(12-15-33)32-41(37,38)27-18-23(19-39-27)40(35,36)22-7-3-2-4-8-22/h2-10,17-19,21,32H,11-16H2,1H3,(H2,29,30,31,34). The van der Waals surface area contributed by atoms with E-state index in [1.165, 1.54) is 23.6 Å². The number of thiophene rings is 1. The van der Waals surface area contributed by atoms with E-state index in [0.717, 1.165) is 27.9 Å². The molecule has 0 bridgehead atoms. The Morgan fingerprint density at radius 3 is 2.44 bits per heavy atom. The number of anilines is 1. The zero-order valence-corrected chi connectivity index (χ0v) is 24.9. The topological polar surface area (TPSA) is 138 Å².